The molecule has 3 heterocycles. The highest BCUT2D eigenvalue weighted by Gasteiger charge is 2.52. The van der Waals surface area contributed by atoms with E-state index in [1.165, 1.54) is 117 Å². The van der Waals surface area contributed by atoms with Gasteiger partial charge in [-0.15, -0.1) is 11.3 Å². The fourth-order valence-electron chi connectivity index (χ4n) is 13.4. The molecule has 2 aliphatic carbocycles. The van der Waals surface area contributed by atoms with Gasteiger partial charge < -0.3 is 14.6 Å². The van der Waals surface area contributed by atoms with E-state index in [-0.39, 0.29) is 33.9 Å². The number of hydrogen-bond acceptors (Lipinski definition) is 4. The topological polar surface area (TPSA) is 9.72 Å². The van der Waals surface area contributed by atoms with E-state index in [0.717, 1.165) is 17.1 Å². The summed E-state index contributed by atoms with van der Waals surface area (Å²) in [7, 11) is 0. The summed E-state index contributed by atoms with van der Waals surface area (Å²) in [5.41, 5.74) is 24.7. The minimum absolute atomic E-state index is 0.00543. The summed E-state index contributed by atoms with van der Waals surface area (Å²) in [4.78, 5) is 7.87. The van der Waals surface area contributed by atoms with Crippen LogP contribution >= 0.6 is 11.3 Å². The zero-order valence-corrected chi connectivity index (χ0v) is 46.2. The Kier molecular flexibility index (Phi) is 10.2. The molecule has 0 spiro atoms. The highest BCUT2D eigenvalue weighted by molar-refractivity contribution is 7.32. The Morgan fingerprint density at radius 3 is 1.65 bits per heavy atom. The highest BCUT2D eigenvalue weighted by Crippen LogP contribution is 2.60. The molecule has 0 saturated heterocycles. The summed E-state index contributed by atoms with van der Waals surface area (Å²) in [5.74, 6) is 0. The van der Waals surface area contributed by atoms with Gasteiger partial charge in [-0.05, 0) is 169 Å². The van der Waals surface area contributed by atoms with Gasteiger partial charge in [-0.1, -0.05) is 174 Å². The van der Waals surface area contributed by atoms with Gasteiger partial charge in [0.15, 0.2) is 0 Å². The summed E-state index contributed by atoms with van der Waals surface area (Å²) in [6.07, 6.45) is 2.34. The molecule has 74 heavy (non-hydrogen) atoms. The van der Waals surface area contributed by atoms with Crippen LogP contribution in [-0.2, 0) is 27.1 Å². The molecular weight excluding hydrogens is 914 g/mol. The molecule has 0 radical (unpaired) electrons. The molecule has 2 aliphatic heterocycles. The van der Waals surface area contributed by atoms with E-state index in [1.54, 1.807) is 0 Å². The molecule has 0 amide bonds. The van der Waals surface area contributed by atoms with Crippen molar-refractivity contribution in [1.82, 2.24) is 0 Å². The lowest BCUT2D eigenvalue weighted by molar-refractivity contribution is 0.332. The number of hydrogen-bond donors (Lipinski definition) is 0. The summed E-state index contributed by atoms with van der Waals surface area (Å²) in [5, 5.41) is 1.35. The third-order valence-electron chi connectivity index (χ3n) is 17.6. The van der Waals surface area contributed by atoms with E-state index in [1.807, 2.05) is 11.3 Å². The summed E-state index contributed by atoms with van der Waals surface area (Å²) in [6, 6.07) is 65.4. The smallest absolute Gasteiger partial charge is 0.343 e. The maximum absolute atomic E-state index is 2.74. The van der Waals surface area contributed by atoms with Crippen LogP contribution in [-0.4, -0.2) is 6.85 Å². The fraction of sp³-hybridized carbons (Fsp3) is 0.275. The van der Waals surface area contributed by atoms with Crippen LogP contribution in [0.2, 0.25) is 0 Å². The molecule has 13 rings (SSSR count). The van der Waals surface area contributed by atoms with Gasteiger partial charge in [0.05, 0.1) is 5.69 Å². The Labute approximate surface area is 444 Å². The maximum Gasteiger partial charge on any atom is 0.343 e. The van der Waals surface area contributed by atoms with Crippen molar-refractivity contribution in [3.8, 4) is 22.3 Å². The Morgan fingerprint density at radius 2 is 1.05 bits per heavy atom. The van der Waals surface area contributed by atoms with E-state index in [0.29, 0.717) is 0 Å². The van der Waals surface area contributed by atoms with Crippen LogP contribution in [0.4, 0.5) is 45.5 Å². The quantitative estimate of drug-likeness (QED) is 0.159. The van der Waals surface area contributed by atoms with Gasteiger partial charge in [-0.25, -0.2) is 0 Å². The fourth-order valence-corrected chi connectivity index (χ4v) is 14.7. The number of anilines is 8. The summed E-state index contributed by atoms with van der Waals surface area (Å²) in [6.45, 7) is 28.7. The van der Waals surface area contributed by atoms with Crippen molar-refractivity contribution in [2.24, 2.45) is 0 Å². The number of nitrogens with zero attached hydrogens (tertiary/aromatic N) is 3. The Balaban J connectivity index is 1.19. The second kappa shape index (κ2) is 16.1. The van der Waals surface area contributed by atoms with Crippen molar-refractivity contribution < 1.29 is 0 Å². The Hall–Kier alpha value is -6.82. The first kappa shape index (κ1) is 46.9. The average Bonchev–Trinajstić information content (AvgIpc) is 3.92. The zero-order valence-electron chi connectivity index (χ0n) is 45.4. The van der Waals surface area contributed by atoms with Gasteiger partial charge >= 0.3 is 6.85 Å². The second-order valence-electron chi connectivity index (χ2n) is 25.7. The van der Waals surface area contributed by atoms with Gasteiger partial charge in [-0.2, -0.15) is 0 Å². The molecule has 0 saturated carbocycles. The normalized spacial score (nSPS) is 16.5. The van der Waals surface area contributed by atoms with E-state index in [4.69, 9.17) is 0 Å². The molecule has 4 aliphatic rings. The average molecular weight is 982 g/mol. The minimum Gasteiger partial charge on any atom is -0.376 e. The number of thiophene rings is 1. The SMILES string of the molecule is CC(C)(C)c1ccc(N2B3c4sc5cc6c(cc5c4N(c4ccc(C(C)(C)C)cc4)c4cc5c(c(c43)-c3ccc(N(c4ccccc4)c4ccccc4)cc32)C(C)(C)c2ccccc2-5)C(C)(C)CCC6(C)C)cc1. The summed E-state index contributed by atoms with van der Waals surface area (Å²) >= 11 is 2.03. The number of rotatable bonds is 5. The first-order valence-corrected chi connectivity index (χ1v) is 27.8. The Morgan fingerprint density at radius 1 is 0.500 bits per heavy atom. The van der Waals surface area contributed by atoms with Gasteiger partial charge in [-0.3, -0.25) is 0 Å². The molecular formula is C69H68BN3S. The molecule has 9 aromatic rings. The monoisotopic (exact) mass is 982 g/mol. The highest BCUT2D eigenvalue weighted by atomic mass is 32.1. The van der Waals surface area contributed by atoms with Crippen molar-refractivity contribution in [3.05, 3.63) is 203 Å². The Bertz CT molecular complexity index is 3680. The van der Waals surface area contributed by atoms with E-state index < -0.39 is 0 Å². The van der Waals surface area contributed by atoms with Crippen molar-refractivity contribution in [1.29, 1.82) is 0 Å². The summed E-state index contributed by atoms with van der Waals surface area (Å²) < 4.78 is 2.75. The molecule has 0 fully saturated rings. The second-order valence-corrected chi connectivity index (χ2v) is 26.7. The van der Waals surface area contributed by atoms with E-state index >= 15 is 0 Å². The third kappa shape index (κ3) is 6.98. The lowest BCUT2D eigenvalue weighted by Gasteiger charge is -2.46. The molecule has 0 atom stereocenters. The predicted molar refractivity (Wildman–Crippen MR) is 320 cm³/mol. The van der Waals surface area contributed by atoms with Crippen LogP contribution in [0.5, 0.6) is 0 Å². The van der Waals surface area contributed by atoms with Crippen LogP contribution in [0.3, 0.4) is 0 Å². The molecule has 1 aromatic heterocycles. The van der Waals surface area contributed by atoms with Gasteiger partial charge in [0, 0.05) is 65.7 Å². The van der Waals surface area contributed by atoms with Crippen LogP contribution in [0, 0.1) is 0 Å². The zero-order chi connectivity index (χ0) is 51.4. The van der Waals surface area contributed by atoms with Gasteiger partial charge in [0.25, 0.3) is 0 Å². The standard InChI is InChI=1S/C69H68BN3S/c1-65(2,3)43-27-31-47(32-28-43)72-58-41-52-50-25-19-20-26-54(50)69(11,12)61(52)60-51-36-35-49(71(45-21-15-13-16-22-45)46-23-17-14-18-24-46)39-57(51)73(48-33-29-44(30-34-48)66(4,5)6)70(62(58)60)64-63(72)53-40-55-56(42-59(53)74-64)68(9,10)38-37-67(55,7)8/h13-36,39-42H,37-38H2,1-12H3. The molecule has 0 unspecified atom stereocenters. The molecule has 3 nitrogen and oxygen atoms in total. The van der Waals surface area contributed by atoms with E-state index in [2.05, 4.69) is 268 Å². The minimum atomic E-state index is -0.261. The van der Waals surface area contributed by atoms with Crippen molar-refractivity contribution >= 4 is 84.0 Å². The molecule has 5 heteroatoms. The van der Waals surface area contributed by atoms with Crippen molar-refractivity contribution in [2.45, 2.75) is 123 Å². The van der Waals surface area contributed by atoms with Crippen molar-refractivity contribution in [2.75, 3.05) is 14.6 Å². The number of para-hydroxylation sites is 2. The predicted octanol–water partition coefficient (Wildman–Crippen LogP) is 18.3. The van der Waals surface area contributed by atoms with Crippen molar-refractivity contribution in [3.63, 3.8) is 0 Å². The third-order valence-corrected chi connectivity index (χ3v) is 18.8. The lowest BCUT2D eigenvalue weighted by Crippen LogP contribution is -2.61. The lowest BCUT2D eigenvalue weighted by atomic mass is 9.45. The molecule has 0 N–H and O–H groups in total. The van der Waals surface area contributed by atoms with Crippen LogP contribution < -0.4 is 24.9 Å². The molecule has 8 aromatic carbocycles. The van der Waals surface area contributed by atoms with Gasteiger partial charge in [0.1, 0.15) is 0 Å². The number of benzene rings is 8. The largest absolute Gasteiger partial charge is 0.376 e. The molecule has 368 valence electrons. The van der Waals surface area contributed by atoms with Gasteiger partial charge in [0.2, 0.25) is 0 Å². The first-order chi connectivity index (χ1) is 35.2. The van der Waals surface area contributed by atoms with Crippen LogP contribution in [0.25, 0.3) is 32.3 Å². The maximum atomic E-state index is 2.74. The first-order valence-electron chi connectivity index (χ1n) is 27.0. The van der Waals surface area contributed by atoms with E-state index in [9.17, 15) is 0 Å². The van der Waals surface area contributed by atoms with Crippen LogP contribution in [0.15, 0.2) is 170 Å². The van der Waals surface area contributed by atoms with Crippen LogP contribution in [0.1, 0.15) is 129 Å². The number of fused-ring (bicyclic) bond motifs is 11. The molecule has 0 bridgehead atoms.